The number of nitrogens with one attached hydrogen (secondary N) is 1. The molecule has 4 nitrogen and oxygen atoms in total. The first-order valence-corrected chi connectivity index (χ1v) is 11.5. The molecule has 1 atom stereocenters. The number of rotatable bonds is 9. The van der Waals surface area contributed by atoms with Gasteiger partial charge < -0.3 is 15.2 Å². The minimum absolute atomic E-state index is 0.0382. The summed E-state index contributed by atoms with van der Waals surface area (Å²) in [5.74, 6) is 0.870. The third-order valence-electron chi connectivity index (χ3n) is 6.22. The zero-order valence-electron chi connectivity index (χ0n) is 18.2. The second-order valence-corrected chi connectivity index (χ2v) is 8.55. The smallest absolute Gasteiger partial charge is 0.119 e. The van der Waals surface area contributed by atoms with Crippen molar-refractivity contribution in [1.29, 1.82) is 0 Å². The number of benzene rings is 2. The van der Waals surface area contributed by atoms with Gasteiger partial charge in [-0.1, -0.05) is 60.7 Å². The number of ether oxygens (including phenoxy) is 1. The van der Waals surface area contributed by atoms with E-state index in [2.05, 4.69) is 70.9 Å². The van der Waals surface area contributed by atoms with Crippen LogP contribution in [0.1, 0.15) is 42.9 Å². The molecule has 0 bridgehead atoms. The van der Waals surface area contributed by atoms with E-state index in [-0.39, 0.29) is 12.6 Å². The van der Waals surface area contributed by atoms with Crippen LogP contribution in [0.25, 0.3) is 0 Å². The number of piperidine rings is 1. The molecule has 0 spiro atoms. The molecule has 2 aromatic carbocycles. The van der Waals surface area contributed by atoms with Gasteiger partial charge in [-0.25, -0.2) is 0 Å². The summed E-state index contributed by atoms with van der Waals surface area (Å²) in [7, 11) is 0. The first-order chi connectivity index (χ1) is 15.3. The Morgan fingerprint density at radius 3 is 2.45 bits per heavy atom. The lowest BCUT2D eigenvalue weighted by Crippen LogP contribution is -2.44. The second kappa shape index (κ2) is 11.3. The molecule has 1 heterocycles. The van der Waals surface area contributed by atoms with E-state index in [9.17, 15) is 5.11 Å². The molecule has 31 heavy (non-hydrogen) atoms. The van der Waals surface area contributed by atoms with Gasteiger partial charge in [0.25, 0.3) is 0 Å². The predicted octanol–water partition coefficient (Wildman–Crippen LogP) is 4.63. The third kappa shape index (κ3) is 6.54. The topological polar surface area (TPSA) is 44.7 Å². The molecule has 1 saturated heterocycles. The monoisotopic (exact) mass is 418 g/mol. The van der Waals surface area contributed by atoms with Crippen molar-refractivity contribution in [3.05, 3.63) is 89.5 Å². The van der Waals surface area contributed by atoms with Gasteiger partial charge in [-0.2, -0.15) is 0 Å². The number of aliphatic hydroxyl groups is 1. The van der Waals surface area contributed by atoms with Crippen LogP contribution in [-0.2, 0) is 6.54 Å². The molecule has 2 N–H and O–H groups in total. The molecule has 1 aliphatic carbocycles. The molecule has 0 radical (unpaired) electrons. The first-order valence-electron chi connectivity index (χ1n) is 11.5. The Bertz CT molecular complexity index is 853. The summed E-state index contributed by atoms with van der Waals surface area (Å²) >= 11 is 0. The summed E-state index contributed by atoms with van der Waals surface area (Å²) in [6.45, 7) is 3.90. The molecule has 1 fully saturated rings. The minimum atomic E-state index is -0.0382. The van der Waals surface area contributed by atoms with Gasteiger partial charge in [0.05, 0.1) is 12.6 Å². The molecule has 0 amide bonds. The quantitative estimate of drug-likeness (QED) is 0.623. The van der Waals surface area contributed by atoms with Crippen LogP contribution in [0.5, 0.6) is 5.75 Å². The van der Waals surface area contributed by atoms with E-state index in [1.54, 1.807) is 0 Å². The molecule has 2 aromatic rings. The van der Waals surface area contributed by atoms with Gasteiger partial charge in [0.2, 0.25) is 0 Å². The van der Waals surface area contributed by atoms with E-state index in [0.29, 0.717) is 12.6 Å². The molecule has 0 aromatic heterocycles. The summed E-state index contributed by atoms with van der Waals surface area (Å²) in [5.41, 5.74) is 3.72. The number of likely N-dealkylation sites (tertiary alicyclic amines) is 1. The lowest BCUT2D eigenvalue weighted by molar-refractivity contribution is 0.167. The van der Waals surface area contributed by atoms with Gasteiger partial charge in [0.15, 0.2) is 0 Å². The van der Waals surface area contributed by atoms with Crippen LogP contribution >= 0.6 is 0 Å². The van der Waals surface area contributed by atoms with Gasteiger partial charge in [0.1, 0.15) is 12.4 Å². The Morgan fingerprint density at radius 2 is 1.77 bits per heavy atom. The van der Waals surface area contributed by atoms with Crippen LogP contribution in [0.15, 0.2) is 78.4 Å². The van der Waals surface area contributed by atoms with E-state index in [1.165, 1.54) is 11.1 Å². The fourth-order valence-corrected chi connectivity index (χ4v) is 4.38. The van der Waals surface area contributed by atoms with Crippen molar-refractivity contribution >= 4 is 0 Å². The maximum atomic E-state index is 9.98. The Balaban J connectivity index is 1.24. The molecule has 0 saturated carbocycles. The molecular formula is C27H34N2O2. The van der Waals surface area contributed by atoms with Crippen molar-refractivity contribution in [3.63, 3.8) is 0 Å². The molecule has 4 rings (SSSR count). The van der Waals surface area contributed by atoms with E-state index >= 15 is 0 Å². The SMILES string of the molecule is OCC(NC1CCN(Cc2ccccc2)CC1)c1ccc(OCC2=CCCC=C2)cc1. The number of hydrogen-bond acceptors (Lipinski definition) is 4. The van der Waals surface area contributed by atoms with E-state index < -0.39 is 0 Å². The summed E-state index contributed by atoms with van der Waals surface area (Å²) in [4.78, 5) is 2.52. The second-order valence-electron chi connectivity index (χ2n) is 8.55. The molecule has 164 valence electrons. The summed E-state index contributed by atoms with van der Waals surface area (Å²) in [6.07, 6.45) is 11.0. The maximum Gasteiger partial charge on any atom is 0.119 e. The van der Waals surface area contributed by atoms with Crippen molar-refractivity contribution in [3.8, 4) is 5.75 Å². The van der Waals surface area contributed by atoms with E-state index in [0.717, 1.165) is 56.6 Å². The summed E-state index contributed by atoms with van der Waals surface area (Å²) in [5, 5.41) is 13.7. The van der Waals surface area contributed by atoms with Gasteiger partial charge in [0, 0.05) is 12.6 Å². The Hall–Kier alpha value is -2.40. The van der Waals surface area contributed by atoms with E-state index in [1.807, 2.05) is 12.1 Å². The largest absolute Gasteiger partial charge is 0.489 e. The highest BCUT2D eigenvalue weighted by Crippen LogP contribution is 2.22. The normalized spacial score (nSPS) is 18.5. The fraction of sp³-hybridized carbons (Fsp3) is 0.407. The molecule has 1 aliphatic heterocycles. The van der Waals surface area contributed by atoms with Gasteiger partial charge in [-0.05, 0) is 67.6 Å². The average molecular weight is 419 g/mol. The Labute approximate surface area is 186 Å². The number of allylic oxidation sites excluding steroid dienone is 2. The van der Waals surface area contributed by atoms with Crippen molar-refractivity contribution < 1.29 is 9.84 Å². The van der Waals surface area contributed by atoms with Crippen LogP contribution in [0, 0.1) is 0 Å². The standard InChI is InChI=1S/C27H34N2O2/c30-20-27(24-11-13-26(14-12-24)31-21-23-9-5-2-6-10-23)28-25-15-17-29(18-16-25)19-22-7-3-1-4-8-22/h1,3-5,7-14,25,27-28,30H,2,6,15-21H2. The highest BCUT2D eigenvalue weighted by Gasteiger charge is 2.22. The molecule has 4 heteroatoms. The molecule has 1 unspecified atom stereocenters. The Morgan fingerprint density at radius 1 is 1.00 bits per heavy atom. The first kappa shape index (κ1) is 21.8. The number of hydrogen-bond donors (Lipinski definition) is 2. The zero-order valence-corrected chi connectivity index (χ0v) is 18.2. The van der Waals surface area contributed by atoms with Gasteiger partial charge in [-0.15, -0.1) is 0 Å². The maximum absolute atomic E-state index is 9.98. The Kier molecular flexibility index (Phi) is 7.94. The van der Waals surface area contributed by atoms with Crippen LogP contribution in [0.4, 0.5) is 0 Å². The van der Waals surface area contributed by atoms with Gasteiger partial charge in [-0.3, -0.25) is 4.90 Å². The highest BCUT2D eigenvalue weighted by molar-refractivity contribution is 5.31. The van der Waals surface area contributed by atoms with Crippen molar-refractivity contribution in [2.75, 3.05) is 26.3 Å². The predicted molar refractivity (Wildman–Crippen MR) is 126 cm³/mol. The fourth-order valence-electron chi connectivity index (χ4n) is 4.38. The molecular weight excluding hydrogens is 384 g/mol. The van der Waals surface area contributed by atoms with Crippen LogP contribution in [0.2, 0.25) is 0 Å². The van der Waals surface area contributed by atoms with Crippen molar-refractivity contribution in [2.24, 2.45) is 0 Å². The van der Waals surface area contributed by atoms with E-state index in [4.69, 9.17) is 4.74 Å². The summed E-state index contributed by atoms with van der Waals surface area (Å²) in [6, 6.07) is 19.2. The molecule has 2 aliphatic rings. The third-order valence-corrected chi connectivity index (χ3v) is 6.22. The lowest BCUT2D eigenvalue weighted by atomic mass is 10.0. The van der Waals surface area contributed by atoms with Crippen molar-refractivity contribution in [2.45, 2.75) is 44.3 Å². The van der Waals surface area contributed by atoms with Gasteiger partial charge >= 0.3 is 0 Å². The number of aliphatic hydroxyl groups excluding tert-OH is 1. The lowest BCUT2D eigenvalue weighted by Gasteiger charge is -2.34. The van der Waals surface area contributed by atoms with Crippen molar-refractivity contribution in [1.82, 2.24) is 10.2 Å². The minimum Gasteiger partial charge on any atom is -0.489 e. The average Bonchev–Trinajstić information content (AvgIpc) is 2.84. The summed E-state index contributed by atoms with van der Waals surface area (Å²) < 4.78 is 5.92. The van der Waals surface area contributed by atoms with Crippen LogP contribution < -0.4 is 10.1 Å². The van der Waals surface area contributed by atoms with Crippen LogP contribution in [0.3, 0.4) is 0 Å². The zero-order chi connectivity index (χ0) is 21.3. The van der Waals surface area contributed by atoms with Crippen LogP contribution in [-0.4, -0.2) is 42.4 Å². The number of nitrogens with zero attached hydrogens (tertiary/aromatic N) is 1. The highest BCUT2D eigenvalue weighted by atomic mass is 16.5.